The lowest BCUT2D eigenvalue weighted by atomic mass is 10.0. The van der Waals surface area contributed by atoms with E-state index in [0.717, 1.165) is 21.2 Å². The Kier molecular flexibility index (Phi) is 2.71. The van der Waals surface area contributed by atoms with E-state index in [0.29, 0.717) is 16.8 Å². The molecule has 5 heteroatoms. The standard InChI is InChI=1S/C14H11FN2OS/c1-7-3-9(11(15)5-12(7)18)13-10-4-8(2)19-14(10)17-6-16-13/h3-6,18H,1-2H3. The lowest BCUT2D eigenvalue weighted by molar-refractivity contribution is 0.465. The van der Waals surface area contributed by atoms with Crippen molar-refractivity contribution in [1.82, 2.24) is 9.97 Å². The number of fused-ring (bicyclic) bond motifs is 1. The molecule has 0 unspecified atom stereocenters. The van der Waals surface area contributed by atoms with Gasteiger partial charge in [-0.1, -0.05) is 0 Å². The minimum Gasteiger partial charge on any atom is -0.508 e. The molecule has 3 nitrogen and oxygen atoms in total. The van der Waals surface area contributed by atoms with Crippen LogP contribution in [-0.4, -0.2) is 15.1 Å². The molecule has 0 aliphatic rings. The van der Waals surface area contributed by atoms with Crippen molar-refractivity contribution in [3.8, 4) is 17.0 Å². The maximum Gasteiger partial charge on any atom is 0.136 e. The van der Waals surface area contributed by atoms with Crippen LogP contribution < -0.4 is 0 Å². The molecule has 0 aliphatic heterocycles. The number of halogens is 1. The Bertz CT molecular complexity index is 782. The molecular weight excluding hydrogens is 263 g/mol. The van der Waals surface area contributed by atoms with E-state index in [1.807, 2.05) is 13.0 Å². The summed E-state index contributed by atoms with van der Waals surface area (Å²) in [6, 6.07) is 4.69. The van der Waals surface area contributed by atoms with Crippen LogP contribution in [0, 0.1) is 19.7 Å². The summed E-state index contributed by atoms with van der Waals surface area (Å²) in [5.41, 5.74) is 1.57. The van der Waals surface area contributed by atoms with E-state index in [2.05, 4.69) is 9.97 Å². The number of phenols is 1. The zero-order valence-electron chi connectivity index (χ0n) is 10.4. The number of aromatic hydroxyl groups is 1. The molecule has 19 heavy (non-hydrogen) atoms. The van der Waals surface area contributed by atoms with Crippen molar-refractivity contribution in [3.05, 3.63) is 40.8 Å². The molecule has 0 saturated heterocycles. The number of aromatic nitrogens is 2. The lowest BCUT2D eigenvalue weighted by Gasteiger charge is -2.06. The highest BCUT2D eigenvalue weighted by atomic mass is 32.1. The molecule has 2 aromatic heterocycles. The molecular formula is C14H11FN2OS. The third-order valence-electron chi connectivity index (χ3n) is 2.99. The highest BCUT2D eigenvalue weighted by Gasteiger charge is 2.14. The Morgan fingerprint density at radius 2 is 1.95 bits per heavy atom. The maximum atomic E-state index is 14.0. The average Bonchev–Trinajstić information content (AvgIpc) is 2.74. The molecule has 0 fully saturated rings. The van der Waals surface area contributed by atoms with Gasteiger partial charge in [-0.25, -0.2) is 14.4 Å². The summed E-state index contributed by atoms with van der Waals surface area (Å²) >= 11 is 1.55. The number of thiophene rings is 1. The van der Waals surface area contributed by atoms with Crippen LogP contribution >= 0.6 is 11.3 Å². The monoisotopic (exact) mass is 274 g/mol. The molecule has 96 valence electrons. The second kappa shape index (κ2) is 4.28. The van der Waals surface area contributed by atoms with E-state index in [1.165, 1.54) is 6.33 Å². The number of hydrogen-bond donors (Lipinski definition) is 1. The van der Waals surface area contributed by atoms with E-state index >= 15 is 0 Å². The van der Waals surface area contributed by atoms with Gasteiger partial charge in [-0.3, -0.25) is 0 Å². The van der Waals surface area contributed by atoms with Gasteiger partial charge in [0.15, 0.2) is 0 Å². The third kappa shape index (κ3) is 1.96. The van der Waals surface area contributed by atoms with Crippen molar-refractivity contribution in [2.24, 2.45) is 0 Å². The highest BCUT2D eigenvalue weighted by Crippen LogP contribution is 2.34. The Balaban J connectivity index is 2.33. The van der Waals surface area contributed by atoms with E-state index in [9.17, 15) is 9.50 Å². The number of hydrogen-bond acceptors (Lipinski definition) is 4. The smallest absolute Gasteiger partial charge is 0.136 e. The van der Waals surface area contributed by atoms with Gasteiger partial charge >= 0.3 is 0 Å². The molecule has 0 aliphatic carbocycles. The van der Waals surface area contributed by atoms with Gasteiger partial charge in [0.25, 0.3) is 0 Å². The summed E-state index contributed by atoms with van der Waals surface area (Å²) < 4.78 is 14.0. The first-order valence-electron chi connectivity index (χ1n) is 5.77. The van der Waals surface area contributed by atoms with Crippen molar-refractivity contribution in [3.63, 3.8) is 0 Å². The fraction of sp³-hybridized carbons (Fsp3) is 0.143. The van der Waals surface area contributed by atoms with Crippen molar-refractivity contribution in [2.75, 3.05) is 0 Å². The van der Waals surface area contributed by atoms with Crippen LogP contribution in [0.5, 0.6) is 5.75 Å². The fourth-order valence-electron chi connectivity index (χ4n) is 2.04. The maximum absolute atomic E-state index is 14.0. The highest BCUT2D eigenvalue weighted by molar-refractivity contribution is 7.18. The van der Waals surface area contributed by atoms with Crippen LogP contribution in [0.15, 0.2) is 24.5 Å². The van der Waals surface area contributed by atoms with Crippen molar-refractivity contribution >= 4 is 21.6 Å². The average molecular weight is 274 g/mol. The van der Waals surface area contributed by atoms with Gasteiger partial charge < -0.3 is 5.11 Å². The SMILES string of the molecule is Cc1cc2c(-c3cc(C)c(O)cc3F)ncnc2s1. The quantitative estimate of drug-likeness (QED) is 0.733. The van der Waals surface area contributed by atoms with Crippen LogP contribution in [-0.2, 0) is 0 Å². The molecule has 0 saturated carbocycles. The minimum atomic E-state index is -0.480. The Labute approximate surface area is 113 Å². The largest absolute Gasteiger partial charge is 0.508 e. The van der Waals surface area contributed by atoms with Crippen LogP contribution in [0.3, 0.4) is 0 Å². The number of rotatable bonds is 1. The Morgan fingerprint density at radius 3 is 2.74 bits per heavy atom. The second-order valence-electron chi connectivity index (χ2n) is 4.42. The zero-order valence-corrected chi connectivity index (χ0v) is 11.3. The van der Waals surface area contributed by atoms with Gasteiger partial charge in [-0.15, -0.1) is 11.3 Å². The van der Waals surface area contributed by atoms with Gasteiger partial charge in [0.05, 0.1) is 5.69 Å². The van der Waals surface area contributed by atoms with Gasteiger partial charge in [-0.2, -0.15) is 0 Å². The van der Waals surface area contributed by atoms with E-state index in [1.54, 1.807) is 24.3 Å². The molecule has 3 aromatic rings. The van der Waals surface area contributed by atoms with E-state index in [-0.39, 0.29) is 5.75 Å². The molecule has 2 heterocycles. The molecule has 0 bridgehead atoms. The van der Waals surface area contributed by atoms with Crippen LogP contribution in [0.2, 0.25) is 0 Å². The predicted octanol–water partition coefficient (Wildman–Crippen LogP) is 3.82. The third-order valence-corrected chi connectivity index (χ3v) is 3.95. The molecule has 3 rings (SSSR count). The van der Waals surface area contributed by atoms with Crippen molar-refractivity contribution in [2.45, 2.75) is 13.8 Å². The van der Waals surface area contributed by atoms with Gasteiger partial charge in [0.1, 0.15) is 22.7 Å². The lowest BCUT2D eigenvalue weighted by Crippen LogP contribution is -1.91. The van der Waals surface area contributed by atoms with Crippen LogP contribution in [0.4, 0.5) is 4.39 Å². The normalized spacial score (nSPS) is 11.1. The van der Waals surface area contributed by atoms with Gasteiger partial charge in [0, 0.05) is 21.9 Å². The topological polar surface area (TPSA) is 46.0 Å². The van der Waals surface area contributed by atoms with E-state index < -0.39 is 5.82 Å². The zero-order chi connectivity index (χ0) is 13.6. The summed E-state index contributed by atoms with van der Waals surface area (Å²) in [4.78, 5) is 10.3. The summed E-state index contributed by atoms with van der Waals surface area (Å²) in [5.74, 6) is -0.528. The first-order chi connectivity index (χ1) is 9.06. The van der Waals surface area contributed by atoms with Crippen molar-refractivity contribution in [1.29, 1.82) is 0 Å². The molecule has 1 aromatic carbocycles. The molecule has 1 N–H and O–H groups in total. The Morgan fingerprint density at radius 1 is 1.16 bits per heavy atom. The summed E-state index contributed by atoms with van der Waals surface area (Å²) in [7, 11) is 0. The number of phenolic OH excluding ortho intramolecular Hbond substituents is 1. The second-order valence-corrected chi connectivity index (χ2v) is 5.65. The van der Waals surface area contributed by atoms with Crippen LogP contribution in [0.1, 0.15) is 10.4 Å². The fourth-order valence-corrected chi connectivity index (χ4v) is 2.89. The number of aryl methyl sites for hydroxylation is 2. The summed E-state index contributed by atoms with van der Waals surface area (Å²) in [6.45, 7) is 3.71. The molecule has 0 spiro atoms. The van der Waals surface area contributed by atoms with Gasteiger partial charge in [-0.05, 0) is 31.5 Å². The molecule has 0 amide bonds. The first kappa shape index (κ1) is 12.0. The van der Waals surface area contributed by atoms with E-state index in [4.69, 9.17) is 0 Å². The first-order valence-corrected chi connectivity index (χ1v) is 6.58. The molecule has 0 atom stereocenters. The molecule has 0 radical (unpaired) electrons. The summed E-state index contributed by atoms with van der Waals surface area (Å²) in [6.07, 6.45) is 1.44. The summed E-state index contributed by atoms with van der Waals surface area (Å²) in [5, 5.41) is 10.4. The van der Waals surface area contributed by atoms with Crippen LogP contribution in [0.25, 0.3) is 21.5 Å². The number of benzene rings is 1. The Hall–Kier alpha value is -2.01. The van der Waals surface area contributed by atoms with Crippen molar-refractivity contribution < 1.29 is 9.50 Å². The minimum absolute atomic E-state index is 0.0481. The van der Waals surface area contributed by atoms with Gasteiger partial charge in [0.2, 0.25) is 0 Å². The number of nitrogens with zero attached hydrogens (tertiary/aromatic N) is 2. The predicted molar refractivity (Wildman–Crippen MR) is 73.9 cm³/mol.